The van der Waals surface area contributed by atoms with Gasteiger partial charge in [-0.05, 0) is 41.5 Å². The second-order valence-corrected chi connectivity index (χ2v) is 9.17. The number of alkyl carbamates (subject to hydrolysis) is 1. The lowest BCUT2D eigenvalue weighted by molar-refractivity contribution is -0.143. The molecule has 0 saturated heterocycles. The van der Waals surface area contributed by atoms with Gasteiger partial charge in [-0.3, -0.25) is 9.59 Å². The zero-order chi connectivity index (χ0) is 24.8. The summed E-state index contributed by atoms with van der Waals surface area (Å²) in [7, 11) is 1.44. The van der Waals surface area contributed by atoms with E-state index in [1.165, 1.54) is 18.2 Å². The van der Waals surface area contributed by atoms with E-state index in [4.69, 9.17) is 9.47 Å². The molecule has 8 heteroatoms. The monoisotopic (exact) mass is 480 g/mol. The van der Waals surface area contributed by atoms with Crippen molar-refractivity contribution in [1.29, 1.82) is 0 Å². The first-order valence-corrected chi connectivity index (χ1v) is 12.1. The number of carbonyl (C=O) groups excluding carboxylic acids is 2. The number of hydrogen-bond acceptors (Lipinski definition) is 5. The third-order valence-corrected chi connectivity index (χ3v) is 6.97. The summed E-state index contributed by atoms with van der Waals surface area (Å²) >= 11 is 0. The highest BCUT2D eigenvalue weighted by molar-refractivity contribution is 5.81. The molecular weight excluding hydrogens is 448 g/mol. The number of hydrogen-bond donors (Lipinski definition) is 3. The summed E-state index contributed by atoms with van der Waals surface area (Å²) in [5.74, 6) is -1.56. The van der Waals surface area contributed by atoms with Gasteiger partial charge in [0.25, 0.3) is 0 Å². The molecule has 2 aromatic rings. The molecule has 3 atom stereocenters. The van der Waals surface area contributed by atoms with Gasteiger partial charge in [-0.2, -0.15) is 0 Å². The number of carbonyl (C=O) groups is 3. The van der Waals surface area contributed by atoms with Crippen LogP contribution in [0.15, 0.2) is 48.5 Å². The lowest BCUT2D eigenvalue weighted by Gasteiger charge is -2.28. The molecule has 186 valence electrons. The normalized spacial score (nSPS) is 19.8. The van der Waals surface area contributed by atoms with Crippen LogP contribution in [-0.2, 0) is 19.1 Å². The van der Waals surface area contributed by atoms with E-state index < -0.39 is 24.1 Å². The number of nitrogens with one attached hydrogen (secondary N) is 2. The van der Waals surface area contributed by atoms with Crippen molar-refractivity contribution in [2.75, 3.05) is 20.3 Å². The Morgan fingerprint density at radius 1 is 1.03 bits per heavy atom. The minimum atomic E-state index is -0.820. The topological polar surface area (TPSA) is 114 Å². The highest BCUT2D eigenvalue weighted by Gasteiger charge is 2.30. The van der Waals surface area contributed by atoms with Crippen molar-refractivity contribution in [2.24, 2.45) is 5.92 Å². The Balaban J connectivity index is 1.23. The van der Waals surface area contributed by atoms with Gasteiger partial charge in [-0.15, -0.1) is 0 Å². The molecule has 0 aliphatic heterocycles. The summed E-state index contributed by atoms with van der Waals surface area (Å²) in [6, 6.07) is 16.1. The number of ether oxygens (including phenoxy) is 2. The molecule has 2 aromatic carbocycles. The summed E-state index contributed by atoms with van der Waals surface area (Å²) in [5, 5.41) is 14.8. The Morgan fingerprint density at radius 3 is 2.31 bits per heavy atom. The van der Waals surface area contributed by atoms with Crippen LogP contribution in [0, 0.1) is 5.92 Å². The van der Waals surface area contributed by atoms with Gasteiger partial charge in [0, 0.05) is 32.0 Å². The van der Waals surface area contributed by atoms with Crippen molar-refractivity contribution in [3.8, 4) is 11.1 Å². The Kier molecular flexibility index (Phi) is 8.02. The Bertz CT molecular complexity index is 1030. The quantitative estimate of drug-likeness (QED) is 0.504. The number of methoxy groups -OCH3 is 1. The number of carboxylic acids is 1. The van der Waals surface area contributed by atoms with Crippen LogP contribution >= 0.6 is 0 Å². The minimum Gasteiger partial charge on any atom is -0.481 e. The molecule has 2 aliphatic rings. The average Bonchev–Trinajstić information content (AvgIpc) is 3.19. The summed E-state index contributed by atoms with van der Waals surface area (Å²) < 4.78 is 10.8. The van der Waals surface area contributed by atoms with E-state index in [1.807, 2.05) is 24.3 Å². The molecule has 1 unspecified atom stereocenters. The Morgan fingerprint density at radius 2 is 1.69 bits per heavy atom. The van der Waals surface area contributed by atoms with Crippen LogP contribution in [0.5, 0.6) is 0 Å². The van der Waals surface area contributed by atoms with Gasteiger partial charge in [0.05, 0.1) is 5.92 Å². The second-order valence-electron chi connectivity index (χ2n) is 9.17. The van der Waals surface area contributed by atoms with E-state index in [1.54, 1.807) is 0 Å². The third-order valence-electron chi connectivity index (χ3n) is 6.97. The molecule has 0 radical (unpaired) electrons. The maximum absolute atomic E-state index is 12.6. The smallest absolute Gasteiger partial charge is 0.407 e. The summed E-state index contributed by atoms with van der Waals surface area (Å²) in [6.07, 6.45) is 1.58. The predicted octanol–water partition coefficient (Wildman–Crippen LogP) is 3.69. The molecule has 0 aromatic heterocycles. The molecule has 0 bridgehead atoms. The maximum atomic E-state index is 12.6. The Labute approximate surface area is 205 Å². The average molecular weight is 481 g/mol. The molecular formula is C27H32N2O6. The predicted molar refractivity (Wildman–Crippen MR) is 130 cm³/mol. The largest absolute Gasteiger partial charge is 0.481 e. The van der Waals surface area contributed by atoms with Crippen LogP contribution < -0.4 is 10.6 Å². The van der Waals surface area contributed by atoms with Gasteiger partial charge in [0.1, 0.15) is 12.7 Å². The van der Waals surface area contributed by atoms with E-state index in [0.29, 0.717) is 12.8 Å². The molecule has 0 spiro atoms. The van der Waals surface area contributed by atoms with Crippen molar-refractivity contribution in [3.05, 3.63) is 59.7 Å². The summed E-state index contributed by atoms with van der Waals surface area (Å²) in [6.45, 7) is 0.436. The first-order chi connectivity index (χ1) is 17.0. The van der Waals surface area contributed by atoms with Crippen molar-refractivity contribution < 1.29 is 29.0 Å². The number of amides is 2. The van der Waals surface area contributed by atoms with E-state index >= 15 is 0 Å². The highest BCUT2D eigenvalue weighted by atomic mass is 16.5. The van der Waals surface area contributed by atoms with E-state index in [2.05, 4.69) is 34.9 Å². The molecule has 3 N–H and O–H groups in total. The third kappa shape index (κ3) is 5.82. The van der Waals surface area contributed by atoms with Crippen molar-refractivity contribution in [3.63, 3.8) is 0 Å². The number of carboxylic acid groups (broad SMARTS) is 1. The zero-order valence-electron chi connectivity index (χ0n) is 19.9. The van der Waals surface area contributed by atoms with Gasteiger partial charge >= 0.3 is 12.1 Å². The molecule has 35 heavy (non-hydrogen) atoms. The van der Waals surface area contributed by atoms with Crippen LogP contribution in [0.1, 0.15) is 49.1 Å². The van der Waals surface area contributed by atoms with Crippen LogP contribution in [0.3, 0.4) is 0 Å². The van der Waals surface area contributed by atoms with Crippen molar-refractivity contribution >= 4 is 18.0 Å². The minimum absolute atomic E-state index is 0.0178. The molecule has 2 aliphatic carbocycles. The SMILES string of the molecule is COC(CCNC(=O)OCC1c2ccccc2-c2ccccc21)C(=O)N[C@H]1CCC[C@@H](C(=O)O)C1. The summed E-state index contributed by atoms with van der Waals surface area (Å²) in [5.41, 5.74) is 4.62. The molecule has 4 rings (SSSR count). The van der Waals surface area contributed by atoms with E-state index in [9.17, 15) is 19.5 Å². The lowest BCUT2D eigenvalue weighted by atomic mass is 9.85. The molecule has 1 saturated carbocycles. The second kappa shape index (κ2) is 11.4. The fourth-order valence-corrected chi connectivity index (χ4v) is 5.15. The van der Waals surface area contributed by atoms with E-state index in [-0.39, 0.29) is 37.4 Å². The number of rotatable bonds is 9. The van der Waals surface area contributed by atoms with Gasteiger partial charge in [-0.25, -0.2) is 4.79 Å². The Hall–Kier alpha value is -3.39. The zero-order valence-corrected chi connectivity index (χ0v) is 19.9. The first kappa shape index (κ1) is 24.7. The highest BCUT2D eigenvalue weighted by Crippen LogP contribution is 2.44. The van der Waals surface area contributed by atoms with Crippen molar-refractivity contribution in [1.82, 2.24) is 10.6 Å². The van der Waals surface area contributed by atoms with Gasteiger partial charge < -0.3 is 25.2 Å². The standard InChI is InChI=1S/C27H32N2O6/c1-34-24(25(30)29-18-8-6-7-17(15-18)26(31)32)13-14-28-27(33)35-16-23-21-11-4-2-9-19(21)20-10-3-5-12-22(20)23/h2-5,9-12,17-18,23-24H,6-8,13-16H2,1H3,(H,28,33)(H,29,30)(H,31,32)/t17-,18+,24?/m1/s1. The lowest BCUT2D eigenvalue weighted by Crippen LogP contribution is -2.45. The molecule has 1 fully saturated rings. The molecule has 0 heterocycles. The number of aliphatic carboxylic acids is 1. The van der Waals surface area contributed by atoms with Crippen LogP contribution in [0.4, 0.5) is 4.79 Å². The van der Waals surface area contributed by atoms with Crippen LogP contribution in [0.2, 0.25) is 0 Å². The van der Waals surface area contributed by atoms with Gasteiger partial charge in [-0.1, -0.05) is 55.0 Å². The number of benzene rings is 2. The molecule has 2 amide bonds. The van der Waals surface area contributed by atoms with Gasteiger partial charge in [0.2, 0.25) is 5.91 Å². The fraction of sp³-hybridized carbons (Fsp3) is 0.444. The number of fused-ring (bicyclic) bond motifs is 3. The van der Waals surface area contributed by atoms with Crippen LogP contribution in [-0.4, -0.2) is 55.5 Å². The maximum Gasteiger partial charge on any atom is 0.407 e. The first-order valence-electron chi connectivity index (χ1n) is 12.1. The van der Waals surface area contributed by atoms with E-state index in [0.717, 1.165) is 24.0 Å². The van der Waals surface area contributed by atoms with Crippen molar-refractivity contribution in [2.45, 2.75) is 50.2 Å². The summed E-state index contributed by atoms with van der Waals surface area (Å²) in [4.78, 5) is 36.2. The van der Waals surface area contributed by atoms with Crippen LogP contribution in [0.25, 0.3) is 11.1 Å². The van der Waals surface area contributed by atoms with Gasteiger partial charge in [0.15, 0.2) is 0 Å². The fourth-order valence-electron chi connectivity index (χ4n) is 5.15. The molecule has 8 nitrogen and oxygen atoms in total.